The van der Waals surface area contributed by atoms with Gasteiger partial charge in [-0.1, -0.05) is 160 Å². The third kappa shape index (κ3) is 11.8. The fourth-order valence-corrected chi connectivity index (χ4v) is 7.71. The Morgan fingerprint density at radius 3 is 1.67 bits per heavy atom. The van der Waals surface area contributed by atoms with Gasteiger partial charge < -0.3 is 28.4 Å². The van der Waals surface area contributed by atoms with Gasteiger partial charge in [-0.05, 0) is 34.1 Å². The first-order chi connectivity index (χ1) is 26.9. The molecule has 0 aliphatic carbocycles. The molecular formula is C47H52O7S. The lowest BCUT2D eigenvalue weighted by Gasteiger charge is -2.45. The number of ether oxygens (including phenoxy) is 6. The Labute approximate surface area is 330 Å². The number of hydrogen-bond acceptors (Lipinski definition) is 8. The van der Waals surface area contributed by atoms with E-state index in [1.807, 2.05) is 159 Å². The first kappa shape index (κ1) is 40.2. The fourth-order valence-electron chi connectivity index (χ4n) is 6.76. The number of benzene rings is 5. The number of hydrogen-bond donors (Lipinski definition) is 0. The molecule has 0 unspecified atom stereocenters. The normalized spacial score (nSPS) is 19.8. The average Bonchev–Trinajstić information content (AvgIpc) is 3.21. The number of thioether (sulfide) groups is 1. The summed E-state index contributed by atoms with van der Waals surface area (Å²) < 4.78 is 39.4. The van der Waals surface area contributed by atoms with E-state index < -0.39 is 35.3 Å². The molecule has 0 N–H and O–H groups in total. The third-order valence-corrected chi connectivity index (χ3v) is 10.6. The van der Waals surface area contributed by atoms with Gasteiger partial charge in [-0.3, -0.25) is 4.79 Å². The van der Waals surface area contributed by atoms with E-state index in [1.165, 1.54) is 0 Å². The van der Waals surface area contributed by atoms with Crippen molar-refractivity contribution >= 4 is 17.7 Å². The average molecular weight is 761 g/mol. The Balaban J connectivity index is 1.25. The Hall–Kier alpha value is -4.44. The van der Waals surface area contributed by atoms with Gasteiger partial charge in [-0.15, -0.1) is 11.8 Å². The summed E-state index contributed by atoms with van der Waals surface area (Å²) in [7, 11) is 0. The second-order valence-electron chi connectivity index (χ2n) is 14.3. The summed E-state index contributed by atoms with van der Waals surface area (Å²) >= 11 is 1.59. The summed E-state index contributed by atoms with van der Waals surface area (Å²) in [5.41, 5.74) is 3.97. The number of rotatable bonds is 19. The minimum Gasteiger partial charge on any atom is -0.489 e. The van der Waals surface area contributed by atoms with E-state index in [1.54, 1.807) is 11.8 Å². The van der Waals surface area contributed by atoms with Crippen LogP contribution in [0.25, 0.3) is 0 Å². The lowest BCUT2D eigenvalue weighted by Crippen LogP contribution is -2.61. The molecule has 0 saturated carbocycles. The molecule has 5 atom stereocenters. The molecule has 0 amide bonds. The highest BCUT2D eigenvalue weighted by atomic mass is 32.2. The van der Waals surface area contributed by atoms with Gasteiger partial charge in [0.1, 0.15) is 36.1 Å². The maximum absolute atomic E-state index is 14.2. The molecule has 1 aliphatic rings. The Kier molecular flexibility index (Phi) is 15.0. The molecule has 1 fully saturated rings. The number of carbonyl (C=O) groups is 1. The molecule has 5 aromatic rings. The zero-order valence-corrected chi connectivity index (χ0v) is 32.8. The fraction of sp³-hybridized carbons (Fsp3) is 0.340. The van der Waals surface area contributed by atoms with E-state index in [-0.39, 0.29) is 19.0 Å². The highest BCUT2D eigenvalue weighted by Crippen LogP contribution is 2.38. The van der Waals surface area contributed by atoms with Crippen LogP contribution in [0, 0.1) is 0 Å². The molecule has 1 aliphatic heterocycles. The van der Waals surface area contributed by atoms with Gasteiger partial charge in [-0.2, -0.15) is 0 Å². The van der Waals surface area contributed by atoms with E-state index in [4.69, 9.17) is 28.4 Å². The molecule has 0 aromatic heterocycles. The SMILES string of the molecule is CCS[C@@H]1O[C@H](COCc2ccccc2)[C@@H](OCc2ccccc2)[C@H](OCc2ccccc2)[C@H]1OC(=O)CC(C)(C)c1ccccc1OCc1ccccc1. The van der Waals surface area contributed by atoms with Crippen LogP contribution in [0.5, 0.6) is 5.75 Å². The lowest BCUT2D eigenvalue weighted by atomic mass is 9.81. The molecule has 8 heteroatoms. The quantitative estimate of drug-likeness (QED) is 0.0771. The molecule has 0 bridgehead atoms. The van der Waals surface area contributed by atoms with Crippen LogP contribution in [0.15, 0.2) is 146 Å². The van der Waals surface area contributed by atoms with Crippen LogP contribution < -0.4 is 4.74 Å². The van der Waals surface area contributed by atoms with E-state index in [9.17, 15) is 4.79 Å². The minimum atomic E-state index is -0.757. The molecule has 7 nitrogen and oxygen atoms in total. The zero-order valence-electron chi connectivity index (χ0n) is 32.0. The van der Waals surface area contributed by atoms with Crippen LogP contribution in [0.4, 0.5) is 0 Å². The predicted octanol–water partition coefficient (Wildman–Crippen LogP) is 9.71. The van der Waals surface area contributed by atoms with Crippen molar-refractivity contribution in [3.8, 4) is 5.75 Å². The second kappa shape index (κ2) is 20.5. The van der Waals surface area contributed by atoms with Crippen molar-refractivity contribution in [3.63, 3.8) is 0 Å². The Morgan fingerprint density at radius 2 is 1.11 bits per heavy atom. The topological polar surface area (TPSA) is 72.5 Å². The smallest absolute Gasteiger partial charge is 0.307 e. The molecule has 0 radical (unpaired) electrons. The predicted molar refractivity (Wildman–Crippen MR) is 218 cm³/mol. The van der Waals surface area contributed by atoms with Crippen molar-refractivity contribution in [1.82, 2.24) is 0 Å². The summed E-state index contributed by atoms with van der Waals surface area (Å²) in [4.78, 5) is 14.2. The first-order valence-corrected chi connectivity index (χ1v) is 20.1. The van der Waals surface area contributed by atoms with Crippen molar-refractivity contribution in [2.24, 2.45) is 0 Å². The van der Waals surface area contributed by atoms with Crippen LogP contribution >= 0.6 is 11.8 Å². The van der Waals surface area contributed by atoms with Crippen molar-refractivity contribution in [2.75, 3.05) is 12.4 Å². The molecule has 288 valence electrons. The van der Waals surface area contributed by atoms with Crippen LogP contribution in [0.1, 0.15) is 55.0 Å². The highest BCUT2D eigenvalue weighted by Gasteiger charge is 2.50. The van der Waals surface area contributed by atoms with Gasteiger partial charge in [0.05, 0.1) is 32.8 Å². The van der Waals surface area contributed by atoms with Crippen molar-refractivity contribution in [1.29, 1.82) is 0 Å². The van der Waals surface area contributed by atoms with Gasteiger partial charge in [0.15, 0.2) is 6.10 Å². The van der Waals surface area contributed by atoms with E-state index in [2.05, 4.69) is 6.92 Å². The van der Waals surface area contributed by atoms with Crippen molar-refractivity contribution in [2.45, 2.75) is 88.9 Å². The van der Waals surface area contributed by atoms with Gasteiger partial charge in [-0.25, -0.2) is 0 Å². The van der Waals surface area contributed by atoms with Gasteiger partial charge in [0.25, 0.3) is 0 Å². The summed E-state index contributed by atoms with van der Waals surface area (Å²) in [6.07, 6.45) is -2.39. The second-order valence-corrected chi connectivity index (χ2v) is 15.7. The summed E-state index contributed by atoms with van der Waals surface area (Å²) in [6.45, 7) is 7.92. The maximum atomic E-state index is 14.2. The summed E-state index contributed by atoms with van der Waals surface area (Å²) in [6, 6.07) is 48.1. The van der Waals surface area contributed by atoms with Crippen LogP contribution in [-0.4, -0.2) is 48.2 Å². The molecule has 1 heterocycles. The minimum absolute atomic E-state index is 0.114. The van der Waals surface area contributed by atoms with Gasteiger partial charge >= 0.3 is 5.97 Å². The van der Waals surface area contributed by atoms with Crippen molar-refractivity contribution < 1.29 is 33.2 Å². The Morgan fingerprint density at radius 1 is 0.618 bits per heavy atom. The molecule has 0 spiro atoms. The monoisotopic (exact) mass is 760 g/mol. The zero-order chi connectivity index (χ0) is 38.3. The van der Waals surface area contributed by atoms with Crippen LogP contribution in [0.3, 0.4) is 0 Å². The third-order valence-electron chi connectivity index (χ3n) is 9.59. The largest absolute Gasteiger partial charge is 0.489 e. The maximum Gasteiger partial charge on any atom is 0.307 e. The lowest BCUT2D eigenvalue weighted by molar-refractivity contribution is -0.250. The Bertz CT molecular complexity index is 1860. The van der Waals surface area contributed by atoms with Gasteiger partial charge in [0.2, 0.25) is 0 Å². The summed E-state index contributed by atoms with van der Waals surface area (Å²) in [5, 5.41) is 0. The van der Waals surface area contributed by atoms with E-state index in [0.29, 0.717) is 26.4 Å². The highest BCUT2D eigenvalue weighted by molar-refractivity contribution is 7.99. The molecule has 55 heavy (non-hydrogen) atoms. The number of para-hydroxylation sites is 1. The van der Waals surface area contributed by atoms with E-state index in [0.717, 1.165) is 39.3 Å². The molecule has 6 rings (SSSR count). The molecular weight excluding hydrogens is 709 g/mol. The summed E-state index contributed by atoms with van der Waals surface area (Å²) in [5.74, 6) is 1.13. The van der Waals surface area contributed by atoms with Gasteiger partial charge in [0, 0.05) is 11.0 Å². The van der Waals surface area contributed by atoms with E-state index >= 15 is 0 Å². The number of esters is 1. The standard InChI is InChI=1S/C47H52O7S/c1-4-55-46-45(54-42(48)29-47(2,3)39-27-17-18-28-40(39)50-31-36-21-11-6-12-22-36)44(52-33-38-25-15-8-16-26-38)43(51-32-37-23-13-7-14-24-37)41(53-46)34-49-30-35-19-9-5-10-20-35/h5-28,41,43-46H,4,29-34H2,1-3H3/t41-,43-,44+,45-,46+/m1/s1. The van der Waals surface area contributed by atoms with Crippen molar-refractivity contribution in [3.05, 3.63) is 173 Å². The first-order valence-electron chi connectivity index (χ1n) is 19.0. The van der Waals surface area contributed by atoms with Crippen LogP contribution in [0.2, 0.25) is 0 Å². The molecule has 5 aromatic carbocycles. The number of carbonyl (C=O) groups excluding carboxylic acids is 1. The molecule has 1 saturated heterocycles. The van der Waals surface area contributed by atoms with Crippen LogP contribution in [-0.2, 0) is 60.3 Å².